The molecule has 0 aromatic heterocycles. The van der Waals surface area contributed by atoms with Crippen molar-refractivity contribution in [3.8, 4) is 5.75 Å². The van der Waals surface area contributed by atoms with E-state index in [1.165, 1.54) is 0 Å². The Morgan fingerprint density at radius 1 is 1.41 bits per heavy atom. The monoisotopic (exact) mass is 235 g/mol. The van der Waals surface area contributed by atoms with Gasteiger partial charge in [-0.05, 0) is 43.5 Å². The van der Waals surface area contributed by atoms with E-state index in [2.05, 4.69) is 13.8 Å². The maximum Gasteiger partial charge on any atom is 0.254 e. The molecule has 1 rings (SSSR count). The van der Waals surface area contributed by atoms with Crippen molar-refractivity contribution in [3.05, 3.63) is 29.3 Å². The number of nitrogens with zero attached hydrogens (tertiary/aromatic N) is 1. The highest BCUT2D eigenvalue weighted by atomic mass is 16.3. The first-order valence-corrected chi connectivity index (χ1v) is 6.04. The van der Waals surface area contributed by atoms with Gasteiger partial charge in [0.05, 0.1) is 0 Å². The minimum absolute atomic E-state index is 0.0405. The number of aryl methyl sites for hydroxylation is 1. The third-order valence-corrected chi connectivity index (χ3v) is 2.69. The van der Waals surface area contributed by atoms with Crippen LogP contribution in [0.25, 0.3) is 0 Å². The van der Waals surface area contributed by atoms with Gasteiger partial charge in [-0.15, -0.1) is 0 Å². The fourth-order valence-electron chi connectivity index (χ4n) is 1.85. The van der Waals surface area contributed by atoms with Crippen LogP contribution < -0.4 is 0 Å². The van der Waals surface area contributed by atoms with Crippen molar-refractivity contribution in [1.29, 1.82) is 0 Å². The van der Waals surface area contributed by atoms with E-state index < -0.39 is 0 Å². The molecule has 0 aliphatic carbocycles. The van der Waals surface area contributed by atoms with Crippen molar-refractivity contribution in [2.45, 2.75) is 27.7 Å². The van der Waals surface area contributed by atoms with Gasteiger partial charge in [-0.2, -0.15) is 0 Å². The molecule has 1 aromatic rings. The van der Waals surface area contributed by atoms with Crippen LogP contribution in [0.2, 0.25) is 0 Å². The molecule has 0 aliphatic heterocycles. The topological polar surface area (TPSA) is 40.5 Å². The highest BCUT2D eigenvalue weighted by molar-refractivity contribution is 5.95. The van der Waals surface area contributed by atoms with Gasteiger partial charge in [-0.25, -0.2) is 0 Å². The lowest BCUT2D eigenvalue weighted by Crippen LogP contribution is -2.34. The summed E-state index contributed by atoms with van der Waals surface area (Å²) in [5.74, 6) is 0.695. The summed E-state index contributed by atoms with van der Waals surface area (Å²) in [6.07, 6.45) is 0. The number of benzene rings is 1. The Kier molecular flexibility index (Phi) is 4.55. The molecule has 94 valence electrons. The fraction of sp³-hybridized carbons (Fsp3) is 0.500. The zero-order valence-corrected chi connectivity index (χ0v) is 11.0. The number of amides is 1. The first-order valence-electron chi connectivity index (χ1n) is 6.04. The molecule has 3 heteroatoms. The first-order chi connectivity index (χ1) is 7.95. The third-order valence-electron chi connectivity index (χ3n) is 2.69. The van der Waals surface area contributed by atoms with Gasteiger partial charge in [-0.3, -0.25) is 4.79 Å². The van der Waals surface area contributed by atoms with Crippen LogP contribution in [-0.4, -0.2) is 29.0 Å². The van der Waals surface area contributed by atoms with Crippen molar-refractivity contribution in [1.82, 2.24) is 4.90 Å². The van der Waals surface area contributed by atoms with E-state index in [0.717, 1.165) is 12.1 Å². The summed E-state index contributed by atoms with van der Waals surface area (Å²) in [4.78, 5) is 14.1. The number of phenolic OH excluding ortho intramolecular Hbond substituents is 1. The van der Waals surface area contributed by atoms with Crippen LogP contribution in [0.5, 0.6) is 5.75 Å². The predicted octanol–water partition coefficient (Wildman–Crippen LogP) is 2.82. The SMILES string of the molecule is CCN(CC(C)C)C(=O)c1ccc(O)cc1C. The Balaban J connectivity index is 2.93. The average molecular weight is 235 g/mol. The summed E-state index contributed by atoms with van der Waals surface area (Å²) in [6.45, 7) is 9.48. The van der Waals surface area contributed by atoms with E-state index in [1.54, 1.807) is 18.2 Å². The van der Waals surface area contributed by atoms with Crippen molar-refractivity contribution in [3.63, 3.8) is 0 Å². The fourth-order valence-corrected chi connectivity index (χ4v) is 1.85. The maximum atomic E-state index is 12.3. The van der Waals surface area contributed by atoms with Crippen molar-refractivity contribution < 1.29 is 9.90 Å². The number of rotatable bonds is 4. The van der Waals surface area contributed by atoms with Gasteiger partial charge in [0.15, 0.2) is 0 Å². The number of hydrogen-bond donors (Lipinski definition) is 1. The second-order valence-corrected chi connectivity index (χ2v) is 4.74. The van der Waals surface area contributed by atoms with Crippen LogP contribution in [0.1, 0.15) is 36.7 Å². The van der Waals surface area contributed by atoms with E-state index in [4.69, 9.17) is 0 Å². The molecule has 1 N–H and O–H groups in total. The highest BCUT2D eigenvalue weighted by Crippen LogP contribution is 2.17. The van der Waals surface area contributed by atoms with Gasteiger partial charge in [0.1, 0.15) is 5.75 Å². The number of carbonyl (C=O) groups is 1. The second kappa shape index (κ2) is 5.71. The highest BCUT2D eigenvalue weighted by Gasteiger charge is 2.17. The van der Waals surface area contributed by atoms with Crippen LogP contribution in [-0.2, 0) is 0 Å². The third kappa shape index (κ3) is 3.48. The molecule has 1 amide bonds. The Morgan fingerprint density at radius 2 is 2.06 bits per heavy atom. The predicted molar refractivity (Wildman–Crippen MR) is 69.3 cm³/mol. The first kappa shape index (κ1) is 13.6. The molecule has 0 saturated heterocycles. The van der Waals surface area contributed by atoms with Crippen LogP contribution in [0, 0.1) is 12.8 Å². The summed E-state index contributed by atoms with van der Waals surface area (Å²) in [5, 5.41) is 9.34. The van der Waals surface area contributed by atoms with Gasteiger partial charge >= 0.3 is 0 Å². The van der Waals surface area contributed by atoms with E-state index in [0.29, 0.717) is 18.0 Å². The Bertz CT molecular complexity index is 399. The quantitative estimate of drug-likeness (QED) is 0.871. The summed E-state index contributed by atoms with van der Waals surface area (Å²) in [7, 11) is 0. The van der Waals surface area contributed by atoms with Crippen LogP contribution in [0.15, 0.2) is 18.2 Å². The van der Waals surface area contributed by atoms with E-state index in [1.807, 2.05) is 18.7 Å². The minimum Gasteiger partial charge on any atom is -0.508 e. The van der Waals surface area contributed by atoms with Gasteiger partial charge in [0.2, 0.25) is 0 Å². The molecule has 1 aromatic carbocycles. The summed E-state index contributed by atoms with van der Waals surface area (Å²) in [6, 6.07) is 4.87. The lowest BCUT2D eigenvalue weighted by atomic mass is 10.1. The molecule has 0 fully saturated rings. The van der Waals surface area contributed by atoms with Crippen LogP contribution >= 0.6 is 0 Å². The second-order valence-electron chi connectivity index (χ2n) is 4.74. The van der Waals surface area contributed by atoms with E-state index >= 15 is 0 Å². The Labute approximate surface area is 103 Å². The largest absolute Gasteiger partial charge is 0.508 e. The molecule has 0 atom stereocenters. The molecule has 0 saturated carbocycles. The van der Waals surface area contributed by atoms with Crippen molar-refractivity contribution in [2.24, 2.45) is 5.92 Å². The molecular formula is C14H21NO2. The van der Waals surface area contributed by atoms with Crippen LogP contribution in [0.3, 0.4) is 0 Å². The number of carbonyl (C=O) groups excluding carboxylic acids is 1. The molecule has 0 aliphatic rings. The van der Waals surface area contributed by atoms with Gasteiger partial charge < -0.3 is 10.0 Å². The number of hydrogen-bond acceptors (Lipinski definition) is 2. The van der Waals surface area contributed by atoms with Crippen molar-refractivity contribution >= 4 is 5.91 Å². The minimum atomic E-state index is 0.0405. The molecule has 17 heavy (non-hydrogen) atoms. The normalized spacial score (nSPS) is 10.6. The smallest absolute Gasteiger partial charge is 0.254 e. The Morgan fingerprint density at radius 3 is 2.53 bits per heavy atom. The molecule has 0 heterocycles. The lowest BCUT2D eigenvalue weighted by Gasteiger charge is -2.23. The van der Waals surface area contributed by atoms with Crippen LogP contribution in [0.4, 0.5) is 0 Å². The molecular weight excluding hydrogens is 214 g/mol. The van der Waals surface area contributed by atoms with Gasteiger partial charge in [0, 0.05) is 18.7 Å². The number of phenols is 1. The molecule has 0 spiro atoms. The molecule has 3 nitrogen and oxygen atoms in total. The zero-order valence-electron chi connectivity index (χ0n) is 11.0. The van der Waals surface area contributed by atoms with E-state index in [9.17, 15) is 9.90 Å². The van der Waals surface area contributed by atoms with Gasteiger partial charge in [-0.1, -0.05) is 13.8 Å². The standard InChI is InChI=1S/C14H21NO2/c1-5-15(9-10(2)3)14(17)13-7-6-12(16)8-11(13)4/h6-8,10,16H,5,9H2,1-4H3. The number of aromatic hydroxyl groups is 1. The zero-order chi connectivity index (χ0) is 13.0. The molecule has 0 radical (unpaired) electrons. The summed E-state index contributed by atoms with van der Waals surface area (Å²) in [5.41, 5.74) is 1.49. The van der Waals surface area contributed by atoms with Crippen molar-refractivity contribution in [2.75, 3.05) is 13.1 Å². The van der Waals surface area contributed by atoms with E-state index in [-0.39, 0.29) is 11.7 Å². The molecule has 0 bridgehead atoms. The Hall–Kier alpha value is -1.51. The maximum absolute atomic E-state index is 12.3. The lowest BCUT2D eigenvalue weighted by molar-refractivity contribution is 0.0745. The molecule has 0 unspecified atom stereocenters. The average Bonchev–Trinajstić information content (AvgIpc) is 2.24. The van der Waals surface area contributed by atoms with Gasteiger partial charge in [0.25, 0.3) is 5.91 Å². The summed E-state index contributed by atoms with van der Waals surface area (Å²) >= 11 is 0. The summed E-state index contributed by atoms with van der Waals surface area (Å²) < 4.78 is 0.